The summed E-state index contributed by atoms with van der Waals surface area (Å²) in [6.07, 6.45) is 0.715. The summed E-state index contributed by atoms with van der Waals surface area (Å²) in [6, 6.07) is 9.25. The molecule has 8 nitrogen and oxygen atoms in total. The van der Waals surface area contributed by atoms with E-state index in [2.05, 4.69) is 15.5 Å². The number of carbonyl (C=O) groups is 1. The van der Waals surface area contributed by atoms with Gasteiger partial charge in [-0.2, -0.15) is 4.98 Å². The van der Waals surface area contributed by atoms with Crippen molar-refractivity contribution in [2.24, 2.45) is 0 Å². The lowest BCUT2D eigenvalue weighted by Gasteiger charge is -2.35. The minimum absolute atomic E-state index is 0.0924. The maximum absolute atomic E-state index is 14.3. The van der Waals surface area contributed by atoms with Gasteiger partial charge in [-0.1, -0.05) is 17.3 Å². The Balaban J connectivity index is 1.71. The fourth-order valence-corrected chi connectivity index (χ4v) is 4.03. The highest BCUT2D eigenvalue weighted by atomic mass is 19.1. The average molecular weight is 499 g/mol. The first kappa shape index (κ1) is 25.3. The van der Waals surface area contributed by atoms with Gasteiger partial charge in [-0.15, -0.1) is 0 Å². The van der Waals surface area contributed by atoms with Gasteiger partial charge in [-0.3, -0.25) is 4.90 Å². The van der Waals surface area contributed by atoms with Crippen molar-refractivity contribution in [1.29, 1.82) is 0 Å². The molecule has 2 heterocycles. The minimum Gasteiger partial charge on any atom is -0.494 e. The highest BCUT2D eigenvalue weighted by molar-refractivity contribution is 5.86. The lowest BCUT2D eigenvalue weighted by atomic mass is 9.94. The average Bonchev–Trinajstić information content (AvgIpc) is 3.33. The van der Waals surface area contributed by atoms with Crippen LogP contribution >= 0.6 is 0 Å². The van der Waals surface area contributed by atoms with Crippen molar-refractivity contribution in [2.75, 3.05) is 20.3 Å². The van der Waals surface area contributed by atoms with Crippen LogP contribution in [-0.4, -0.2) is 47.4 Å². The maximum Gasteiger partial charge on any atom is 0.322 e. The molecule has 1 unspecified atom stereocenters. The molecule has 10 heteroatoms. The molecule has 1 N–H and O–H groups in total. The Morgan fingerprint density at radius 1 is 1.17 bits per heavy atom. The van der Waals surface area contributed by atoms with E-state index in [0.717, 1.165) is 0 Å². The van der Waals surface area contributed by atoms with Gasteiger partial charge < -0.3 is 19.3 Å². The molecule has 0 radical (unpaired) electrons. The molecule has 1 aliphatic heterocycles. The normalized spacial score (nSPS) is 16.0. The number of benzene rings is 2. The van der Waals surface area contributed by atoms with E-state index in [1.165, 1.54) is 31.4 Å². The number of urea groups is 1. The topological polar surface area (TPSA) is 89.7 Å². The largest absolute Gasteiger partial charge is 0.494 e. The van der Waals surface area contributed by atoms with E-state index in [4.69, 9.17) is 14.0 Å². The molecule has 36 heavy (non-hydrogen) atoms. The van der Waals surface area contributed by atoms with Crippen LogP contribution in [0.1, 0.15) is 44.7 Å². The Labute approximate surface area is 207 Å². The molecule has 0 fully saturated rings. The smallest absolute Gasteiger partial charge is 0.322 e. The summed E-state index contributed by atoms with van der Waals surface area (Å²) in [5.41, 5.74) is 2.24. The van der Waals surface area contributed by atoms with Gasteiger partial charge >= 0.3 is 6.03 Å². The molecule has 0 spiro atoms. The van der Waals surface area contributed by atoms with Gasteiger partial charge in [-0.25, -0.2) is 13.6 Å². The van der Waals surface area contributed by atoms with Crippen LogP contribution < -0.4 is 10.1 Å². The van der Waals surface area contributed by atoms with Crippen LogP contribution in [0.15, 0.2) is 52.7 Å². The molecule has 1 aromatic heterocycles. The standard InChI is InChI=1S/C26H28F2N4O4/c1-15(2)35-13-5-12-32-16(3)22(23(29-26(32)33)17-6-9-19(27)10-7-17)25-30-24(31-36-25)18-8-11-21(34-4)20(28)14-18/h6-11,14-15,23H,5,12-13H2,1-4H3,(H,29,33). The Hall–Kier alpha value is -3.79. The molecule has 2 aromatic carbocycles. The summed E-state index contributed by atoms with van der Waals surface area (Å²) in [6.45, 7) is 6.61. The van der Waals surface area contributed by atoms with E-state index < -0.39 is 17.7 Å². The first-order valence-corrected chi connectivity index (χ1v) is 11.6. The summed E-state index contributed by atoms with van der Waals surface area (Å²) < 4.78 is 44.0. The summed E-state index contributed by atoms with van der Waals surface area (Å²) >= 11 is 0. The number of amides is 2. The van der Waals surface area contributed by atoms with Crippen molar-refractivity contribution in [1.82, 2.24) is 20.4 Å². The van der Waals surface area contributed by atoms with Gasteiger partial charge in [0.2, 0.25) is 5.82 Å². The third-order valence-corrected chi connectivity index (χ3v) is 5.84. The second kappa shape index (κ2) is 10.9. The zero-order chi connectivity index (χ0) is 25.8. The highest BCUT2D eigenvalue weighted by Gasteiger charge is 2.35. The number of carbonyl (C=O) groups excluding carboxylic acids is 1. The first-order chi connectivity index (χ1) is 17.3. The lowest BCUT2D eigenvalue weighted by molar-refractivity contribution is 0.0736. The molecule has 190 valence electrons. The van der Waals surface area contributed by atoms with Gasteiger partial charge in [0, 0.05) is 24.4 Å². The van der Waals surface area contributed by atoms with Crippen LogP contribution in [0.4, 0.5) is 13.6 Å². The second-order valence-corrected chi connectivity index (χ2v) is 8.63. The summed E-state index contributed by atoms with van der Waals surface area (Å²) in [7, 11) is 1.38. The third-order valence-electron chi connectivity index (χ3n) is 5.84. The Bertz CT molecular complexity index is 1260. The third kappa shape index (κ3) is 5.38. The molecule has 0 saturated heterocycles. The Morgan fingerprint density at radius 3 is 2.58 bits per heavy atom. The molecule has 3 aromatic rings. The van der Waals surface area contributed by atoms with Crippen LogP contribution in [0, 0.1) is 11.6 Å². The first-order valence-electron chi connectivity index (χ1n) is 11.6. The molecular weight excluding hydrogens is 470 g/mol. The van der Waals surface area contributed by atoms with Crippen LogP contribution in [0.2, 0.25) is 0 Å². The predicted molar refractivity (Wildman–Crippen MR) is 129 cm³/mol. The quantitative estimate of drug-likeness (QED) is 0.401. The van der Waals surface area contributed by atoms with Gasteiger partial charge in [0.25, 0.3) is 5.89 Å². The monoisotopic (exact) mass is 498 g/mol. The van der Waals surface area contributed by atoms with Crippen molar-refractivity contribution in [2.45, 2.75) is 39.3 Å². The molecule has 0 saturated carbocycles. The van der Waals surface area contributed by atoms with Crippen molar-refractivity contribution >= 4 is 11.6 Å². The molecule has 4 rings (SSSR count). The zero-order valence-electron chi connectivity index (χ0n) is 20.5. The molecule has 0 aliphatic carbocycles. The number of allylic oxidation sites excluding steroid dienone is 1. The number of aromatic nitrogens is 2. The highest BCUT2D eigenvalue weighted by Crippen LogP contribution is 2.37. The van der Waals surface area contributed by atoms with E-state index in [-0.39, 0.29) is 29.6 Å². The number of nitrogens with one attached hydrogen (secondary N) is 1. The van der Waals surface area contributed by atoms with Crippen molar-refractivity contribution in [3.05, 3.63) is 71.3 Å². The minimum atomic E-state index is -0.651. The molecule has 1 atom stereocenters. The lowest BCUT2D eigenvalue weighted by Crippen LogP contribution is -2.46. The van der Waals surface area contributed by atoms with Gasteiger partial charge in [0.1, 0.15) is 5.82 Å². The zero-order valence-corrected chi connectivity index (χ0v) is 20.5. The number of ether oxygens (including phenoxy) is 2. The summed E-state index contributed by atoms with van der Waals surface area (Å²) in [5, 5.41) is 7.00. The second-order valence-electron chi connectivity index (χ2n) is 8.63. The molecule has 1 aliphatic rings. The van der Waals surface area contributed by atoms with E-state index in [1.54, 1.807) is 30.0 Å². The number of hydrogen-bond acceptors (Lipinski definition) is 6. The van der Waals surface area contributed by atoms with Crippen LogP contribution in [0.25, 0.3) is 17.0 Å². The fraction of sp³-hybridized carbons (Fsp3) is 0.346. The number of nitrogens with zero attached hydrogens (tertiary/aromatic N) is 3. The van der Waals surface area contributed by atoms with E-state index >= 15 is 0 Å². The van der Waals surface area contributed by atoms with E-state index in [9.17, 15) is 13.6 Å². The van der Waals surface area contributed by atoms with Gasteiger partial charge in [0.15, 0.2) is 11.6 Å². The number of rotatable bonds is 9. The predicted octanol–water partition coefficient (Wildman–Crippen LogP) is 5.34. The Kier molecular flexibility index (Phi) is 7.64. The SMILES string of the molecule is COc1ccc(-c2noc(C3=C(C)N(CCCOC(C)C)C(=O)NC3c3ccc(F)cc3)n2)cc1F. The number of hydrogen-bond donors (Lipinski definition) is 1. The van der Waals surface area contributed by atoms with Gasteiger partial charge in [-0.05, 0) is 63.1 Å². The van der Waals surface area contributed by atoms with E-state index in [1.807, 2.05) is 13.8 Å². The summed E-state index contributed by atoms with van der Waals surface area (Å²) in [4.78, 5) is 19.1. The summed E-state index contributed by atoms with van der Waals surface area (Å²) in [5.74, 6) is -0.503. The van der Waals surface area contributed by atoms with Crippen molar-refractivity contribution in [3.8, 4) is 17.1 Å². The molecule has 2 amide bonds. The van der Waals surface area contributed by atoms with E-state index in [0.29, 0.717) is 42.0 Å². The number of methoxy groups -OCH3 is 1. The molecule has 0 bridgehead atoms. The van der Waals surface area contributed by atoms with Crippen LogP contribution in [-0.2, 0) is 4.74 Å². The van der Waals surface area contributed by atoms with Crippen LogP contribution in [0.5, 0.6) is 5.75 Å². The van der Waals surface area contributed by atoms with Crippen LogP contribution in [0.3, 0.4) is 0 Å². The maximum atomic E-state index is 14.3. The van der Waals surface area contributed by atoms with Gasteiger partial charge in [0.05, 0.1) is 24.8 Å². The van der Waals surface area contributed by atoms with Crippen molar-refractivity contribution < 1.29 is 27.6 Å². The van der Waals surface area contributed by atoms with Crippen molar-refractivity contribution in [3.63, 3.8) is 0 Å². The molecular formula is C26H28F2N4O4. The Morgan fingerprint density at radius 2 is 1.92 bits per heavy atom. The number of halogens is 2. The fourth-order valence-electron chi connectivity index (χ4n) is 4.03.